The minimum Gasteiger partial charge on any atom is -0.386 e. The van der Waals surface area contributed by atoms with E-state index in [0.717, 1.165) is 24.3 Å². The van der Waals surface area contributed by atoms with Gasteiger partial charge in [-0.3, -0.25) is 0 Å². The van der Waals surface area contributed by atoms with Crippen molar-refractivity contribution in [3.8, 4) is 0 Å². The Balaban J connectivity index is 1.61. The Bertz CT molecular complexity index is 469. The molecule has 3 heteroatoms. The van der Waals surface area contributed by atoms with Crippen LogP contribution in [0.5, 0.6) is 0 Å². The average Bonchev–Trinajstić information content (AvgIpc) is 3.01. The molecule has 0 saturated carbocycles. The maximum Gasteiger partial charge on any atom is 0.103 e. The normalized spacial score (nSPS) is 14.1. The van der Waals surface area contributed by atoms with E-state index in [2.05, 4.69) is 35.6 Å². The molecule has 20 heavy (non-hydrogen) atoms. The van der Waals surface area contributed by atoms with Gasteiger partial charge in [-0.1, -0.05) is 36.4 Å². The number of hydrogen-bond acceptors (Lipinski definition) is 3. The van der Waals surface area contributed by atoms with Gasteiger partial charge >= 0.3 is 0 Å². The second-order valence-corrected chi connectivity index (χ2v) is 6.13. The highest BCUT2D eigenvalue weighted by Gasteiger charge is 2.16. The number of unbranched alkanes of at least 4 members (excludes halogenated alkanes) is 1. The molecule has 2 nitrogen and oxygen atoms in total. The van der Waals surface area contributed by atoms with Gasteiger partial charge in [0.25, 0.3) is 0 Å². The van der Waals surface area contributed by atoms with Crippen molar-refractivity contribution in [3.63, 3.8) is 0 Å². The van der Waals surface area contributed by atoms with Gasteiger partial charge in [0.15, 0.2) is 0 Å². The lowest BCUT2D eigenvalue weighted by Crippen LogP contribution is -2.32. The third kappa shape index (κ3) is 4.75. The van der Waals surface area contributed by atoms with Gasteiger partial charge in [0, 0.05) is 10.9 Å². The summed E-state index contributed by atoms with van der Waals surface area (Å²) in [6.07, 6.45) is 3.05. The Hall–Kier alpha value is -1.16. The summed E-state index contributed by atoms with van der Waals surface area (Å²) in [7, 11) is 0. The van der Waals surface area contributed by atoms with E-state index in [-0.39, 0.29) is 6.04 Å². The zero-order chi connectivity index (χ0) is 14.2. The Morgan fingerprint density at radius 2 is 1.90 bits per heavy atom. The summed E-state index contributed by atoms with van der Waals surface area (Å²) in [6.45, 7) is 3.00. The minimum atomic E-state index is -0.399. The lowest BCUT2D eigenvalue weighted by atomic mass is 10.1. The average molecular weight is 289 g/mol. The van der Waals surface area contributed by atoms with Crippen LogP contribution in [0.1, 0.15) is 36.3 Å². The molecule has 108 valence electrons. The van der Waals surface area contributed by atoms with Crippen molar-refractivity contribution < 1.29 is 5.11 Å². The number of rotatable bonds is 8. The van der Waals surface area contributed by atoms with Crippen LogP contribution in [0.4, 0.5) is 0 Å². The lowest BCUT2D eigenvalue weighted by molar-refractivity contribution is 0.139. The summed E-state index contributed by atoms with van der Waals surface area (Å²) in [6, 6.07) is 14.7. The number of aliphatic hydroxyl groups is 1. The molecule has 0 aliphatic heterocycles. The number of aliphatic hydroxyl groups excluding tert-OH is 1. The highest BCUT2D eigenvalue weighted by Crippen LogP contribution is 2.21. The van der Waals surface area contributed by atoms with Gasteiger partial charge < -0.3 is 10.4 Å². The molecule has 1 heterocycles. The van der Waals surface area contributed by atoms with Gasteiger partial charge in [0.2, 0.25) is 0 Å². The first-order valence-corrected chi connectivity index (χ1v) is 8.14. The minimum absolute atomic E-state index is 0.102. The van der Waals surface area contributed by atoms with E-state index < -0.39 is 6.10 Å². The van der Waals surface area contributed by atoms with Crippen LogP contribution < -0.4 is 5.32 Å². The monoisotopic (exact) mass is 289 g/mol. The molecule has 0 amide bonds. The van der Waals surface area contributed by atoms with E-state index in [1.165, 1.54) is 12.0 Å². The summed E-state index contributed by atoms with van der Waals surface area (Å²) in [5, 5.41) is 15.6. The second-order valence-electron chi connectivity index (χ2n) is 5.15. The van der Waals surface area contributed by atoms with Gasteiger partial charge in [-0.05, 0) is 49.7 Å². The fourth-order valence-electron chi connectivity index (χ4n) is 2.25. The lowest BCUT2D eigenvalue weighted by Gasteiger charge is -2.19. The molecule has 0 aliphatic carbocycles. The Labute approximate surface area is 125 Å². The Morgan fingerprint density at radius 3 is 2.60 bits per heavy atom. The molecule has 1 aromatic carbocycles. The molecule has 0 fully saturated rings. The molecule has 2 aromatic rings. The first-order valence-electron chi connectivity index (χ1n) is 7.26. The van der Waals surface area contributed by atoms with Gasteiger partial charge in [-0.15, -0.1) is 11.3 Å². The maximum atomic E-state index is 10.2. The van der Waals surface area contributed by atoms with Crippen LogP contribution >= 0.6 is 11.3 Å². The van der Waals surface area contributed by atoms with Gasteiger partial charge in [-0.2, -0.15) is 0 Å². The van der Waals surface area contributed by atoms with Crippen LogP contribution in [0.25, 0.3) is 0 Å². The number of thiophene rings is 1. The van der Waals surface area contributed by atoms with E-state index >= 15 is 0 Å². The highest BCUT2D eigenvalue weighted by atomic mass is 32.1. The second kappa shape index (κ2) is 8.20. The zero-order valence-electron chi connectivity index (χ0n) is 12.0. The molecule has 2 rings (SSSR count). The summed E-state index contributed by atoms with van der Waals surface area (Å²) >= 11 is 1.61. The molecule has 0 radical (unpaired) electrons. The van der Waals surface area contributed by atoms with E-state index in [1.54, 1.807) is 11.3 Å². The van der Waals surface area contributed by atoms with Crippen molar-refractivity contribution in [1.29, 1.82) is 0 Å². The van der Waals surface area contributed by atoms with Crippen LogP contribution in [0.15, 0.2) is 47.8 Å². The van der Waals surface area contributed by atoms with Crippen LogP contribution in [0.2, 0.25) is 0 Å². The fraction of sp³-hybridized carbons (Fsp3) is 0.412. The van der Waals surface area contributed by atoms with Crippen molar-refractivity contribution in [2.75, 3.05) is 6.54 Å². The van der Waals surface area contributed by atoms with Crippen molar-refractivity contribution in [2.24, 2.45) is 0 Å². The summed E-state index contributed by atoms with van der Waals surface area (Å²) < 4.78 is 0. The molecular formula is C17H23NOS. The molecule has 0 saturated heterocycles. The summed E-state index contributed by atoms with van der Waals surface area (Å²) in [5.41, 5.74) is 1.40. The number of nitrogens with one attached hydrogen (secondary N) is 1. The van der Waals surface area contributed by atoms with Crippen LogP contribution in [0, 0.1) is 0 Å². The molecule has 0 aliphatic rings. The van der Waals surface area contributed by atoms with Crippen LogP contribution in [-0.4, -0.2) is 17.7 Å². The first-order chi connectivity index (χ1) is 9.77. The number of hydrogen-bond donors (Lipinski definition) is 2. The van der Waals surface area contributed by atoms with Crippen molar-refractivity contribution in [2.45, 2.75) is 38.3 Å². The molecule has 2 atom stereocenters. The van der Waals surface area contributed by atoms with E-state index in [0.29, 0.717) is 0 Å². The topological polar surface area (TPSA) is 32.3 Å². The van der Waals surface area contributed by atoms with Crippen LogP contribution in [-0.2, 0) is 6.42 Å². The smallest absolute Gasteiger partial charge is 0.103 e. The highest BCUT2D eigenvalue weighted by molar-refractivity contribution is 7.10. The van der Waals surface area contributed by atoms with Crippen molar-refractivity contribution >= 4 is 11.3 Å². The maximum absolute atomic E-state index is 10.2. The fourth-order valence-corrected chi connectivity index (χ4v) is 3.06. The molecule has 2 N–H and O–H groups in total. The standard InChI is InChI=1S/C17H23NOS/c1-14(17(19)16-11-7-13-20-16)18-12-6-5-10-15-8-3-2-4-9-15/h2-4,7-9,11,13-14,17-19H,5-6,10,12H2,1H3. The predicted molar refractivity (Wildman–Crippen MR) is 86.1 cm³/mol. The van der Waals surface area contributed by atoms with Crippen molar-refractivity contribution in [1.82, 2.24) is 5.32 Å². The summed E-state index contributed by atoms with van der Waals surface area (Å²) in [4.78, 5) is 1.04. The largest absolute Gasteiger partial charge is 0.386 e. The molecular weight excluding hydrogens is 266 g/mol. The SMILES string of the molecule is CC(NCCCCc1ccccc1)C(O)c1cccs1. The summed E-state index contributed by atoms with van der Waals surface area (Å²) in [5.74, 6) is 0. The van der Waals surface area contributed by atoms with E-state index in [4.69, 9.17) is 0 Å². The predicted octanol–water partition coefficient (Wildman–Crippen LogP) is 3.78. The zero-order valence-corrected chi connectivity index (χ0v) is 12.8. The quantitative estimate of drug-likeness (QED) is 0.725. The van der Waals surface area contributed by atoms with E-state index in [9.17, 15) is 5.11 Å². The van der Waals surface area contributed by atoms with Crippen molar-refractivity contribution in [3.05, 3.63) is 58.3 Å². The third-order valence-corrected chi connectivity index (χ3v) is 4.45. The van der Waals surface area contributed by atoms with Crippen LogP contribution in [0.3, 0.4) is 0 Å². The molecule has 2 unspecified atom stereocenters. The van der Waals surface area contributed by atoms with E-state index in [1.807, 2.05) is 24.4 Å². The van der Waals surface area contributed by atoms with Gasteiger partial charge in [-0.25, -0.2) is 0 Å². The molecule has 1 aromatic heterocycles. The molecule has 0 spiro atoms. The Kier molecular flexibility index (Phi) is 6.25. The first kappa shape index (κ1) is 15.2. The third-order valence-electron chi connectivity index (χ3n) is 3.51. The number of benzene rings is 1. The van der Waals surface area contributed by atoms with Gasteiger partial charge in [0.1, 0.15) is 6.10 Å². The van der Waals surface area contributed by atoms with Gasteiger partial charge in [0.05, 0.1) is 0 Å². The Morgan fingerprint density at radius 1 is 1.10 bits per heavy atom. The number of aryl methyl sites for hydroxylation is 1. The molecule has 0 bridgehead atoms.